The zero-order valence-corrected chi connectivity index (χ0v) is 13.7. The molecule has 0 saturated heterocycles. The fraction of sp³-hybridized carbons (Fsp3) is 0.733. The molecule has 1 heterocycles. The molecule has 19 heavy (non-hydrogen) atoms. The third-order valence-electron chi connectivity index (χ3n) is 4.27. The Hall–Kier alpha value is -0.640. The van der Waals surface area contributed by atoms with Crippen LogP contribution in [-0.4, -0.2) is 15.6 Å². The van der Waals surface area contributed by atoms with Crippen molar-refractivity contribution in [1.82, 2.24) is 9.78 Å². The van der Waals surface area contributed by atoms with Crippen LogP contribution in [0.15, 0.2) is 4.47 Å². The molecule has 1 saturated carbocycles. The normalized spacial score (nSPS) is 23.6. The third-order valence-corrected chi connectivity index (χ3v) is 5.30. The fourth-order valence-electron chi connectivity index (χ4n) is 2.93. The SMILES string of the molecule is CCn1nc(C)c(Br)c1CC(=O)C1CCC(C)CC1. The van der Waals surface area contributed by atoms with Gasteiger partial charge in [0.15, 0.2) is 0 Å². The Morgan fingerprint density at radius 3 is 2.58 bits per heavy atom. The van der Waals surface area contributed by atoms with Crippen molar-refractivity contribution in [3.8, 4) is 0 Å². The molecule has 1 fully saturated rings. The zero-order valence-electron chi connectivity index (χ0n) is 12.1. The smallest absolute Gasteiger partial charge is 0.141 e. The van der Waals surface area contributed by atoms with Gasteiger partial charge in [-0.3, -0.25) is 9.48 Å². The van der Waals surface area contributed by atoms with Crippen molar-refractivity contribution in [1.29, 1.82) is 0 Å². The second-order valence-electron chi connectivity index (χ2n) is 5.76. The summed E-state index contributed by atoms with van der Waals surface area (Å²) in [5, 5.41) is 4.46. The summed E-state index contributed by atoms with van der Waals surface area (Å²) in [5.74, 6) is 1.45. The van der Waals surface area contributed by atoms with Crippen LogP contribution in [0.1, 0.15) is 50.9 Å². The van der Waals surface area contributed by atoms with Crippen molar-refractivity contribution in [2.24, 2.45) is 11.8 Å². The fourth-order valence-corrected chi connectivity index (χ4v) is 3.35. The second kappa shape index (κ2) is 6.21. The second-order valence-corrected chi connectivity index (χ2v) is 6.55. The van der Waals surface area contributed by atoms with Gasteiger partial charge in [0.05, 0.1) is 15.9 Å². The van der Waals surface area contributed by atoms with E-state index in [1.165, 1.54) is 12.8 Å². The molecule has 0 bridgehead atoms. The van der Waals surface area contributed by atoms with Crippen molar-refractivity contribution in [2.75, 3.05) is 0 Å². The molecule has 1 aromatic rings. The van der Waals surface area contributed by atoms with Crippen LogP contribution in [0.3, 0.4) is 0 Å². The Kier molecular flexibility index (Phi) is 4.82. The zero-order chi connectivity index (χ0) is 14.0. The molecule has 3 nitrogen and oxygen atoms in total. The lowest BCUT2D eigenvalue weighted by atomic mass is 9.80. The summed E-state index contributed by atoms with van der Waals surface area (Å²) in [6.45, 7) is 7.14. The lowest BCUT2D eigenvalue weighted by Crippen LogP contribution is -2.23. The molecule has 0 aromatic carbocycles. The van der Waals surface area contributed by atoms with Crippen LogP contribution < -0.4 is 0 Å². The molecule has 0 spiro atoms. The lowest BCUT2D eigenvalue weighted by Gasteiger charge is -2.25. The van der Waals surface area contributed by atoms with Crippen molar-refractivity contribution in [3.63, 3.8) is 0 Å². The monoisotopic (exact) mass is 326 g/mol. The Balaban J connectivity index is 2.06. The number of carbonyl (C=O) groups excluding carboxylic acids is 1. The first-order valence-electron chi connectivity index (χ1n) is 7.27. The number of nitrogens with zero attached hydrogens (tertiary/aromatic N) is 2. The molecule has 2 rings (SSSR count). The highest BCUT2D eigenvalue weighted by atomic mass is 79.9. The largest absolute Gasteiger partial charge is 0.299 e. The molecular formula is C15H23BrN2O. The van der Waals surface area contributed by atoms with Crippen LogP contribution in [0.4, 0.5) is 0 Å². The van der Waals surface area contributed by atoms with Crippen LogP contribution in [0.25, 0.3) is 0 Å². The Morgan fingerprint density at radius 2 is 2.00 bits per heavy atom. The van der Waals surface area contributed by atoms with E-state index < -0.39 is 0 Å². The van der Waals surface area contributed by atoms with Gasteiger partial charge in [-0.05, 0) is 48.5 Å². The summed E-state index contributed by atoms with van der Waals surface area (Å²) in [7, 11) is 0. The molecule has 0 aliphatic heterocycles. The maximum Gasteiger partial charge on any atom is 0.141 e. The number of hydrogen-bond acceptors (Lipinski definition) is 2. The standard InChI is InChI=1S/C15H23BrN2O/c1-4-18-13(15(16)11(3)17-18)9-14(19)12-7-5-10(2)6-8-12/h10,12H,4-9H2,1-3H3. The number of carbonyl (C=O) groups is 1. The number of aryl methyl sites for hydroxylation is 2. The van der Waals surface area contributed by atoms with Crippen LogP contribution in [0, 0.1) is 18.8 Å². The first-order chi connectivity index (χ1) is 9.02. The summed E-state index contributed by atoms with van der Waals surface area (Å²) in [6.07, 6.45) is 5.05. The van der Waals surface area contributed by atoms with E-state index in [4.69, 9.17) is 0 Å². The first-order valence-corrected chi connectivity index (χ1v) is 8.06. The molecule has 0 unspecified atom stereocenters. The van der Waals surface area contributed by atoms with Gasteiger partial charge in [0.2, 0.25) is 0 Å². The third kappa shape index (κ3) is 3.28. The van der Waals surface area contributed by atoms with Crippen LogP contribution in [0.5, 0.6) is 0 Å². The molecule has 0 atom stereocenters. The Morgan fingerprint density at radius 1 is 1.37 bits per heavy atom. The van der Waals surface area contributed by atoms with E-state index in [0.29, 0.717) is 12.2 Å². The summed E-state index contributed by atoms with van der Waals surface area (Å²) < 4.78 is 2.95. The Labute approximate surface area is 123 Å². The maximum absolute atomic E-state index is 12.4. The molecule has 1 aromatic heterocycles. The number of rotatable bonds is 4. The number of halogens is 1. The number of ketones is 1. The van der Waals surface area contributed by atoms with E-state index in [1.807, 2.05) is 11.6 Å². The molecule has 0 N–H and O–H groups in total. The van der Waals surface area contributed by atoms with Gasteiger partial charge >= 0.3 is 0 Å². The molecule has 4 heteroatoms. The summed E-state index contributed by atoms with van der Waals surface area (Å²) in [4.78, 5) is 12.4. The number of hydrogen-bond donors (Lipinski definition) is 0. The van der Waals surface area contributed by atoms with Crippen LogP contribution >= 0.6 is 15.9 Å². The van der Waals surface area contributed by atoms with Gasteiger partial charge in [0.25, 0.3) is 0 Å². The molecular weight excluding hydrogens is 304 g/mol. The van der Waals surface area contributed by atoms with Crippen LogP contribution in [-0.2, 0) is 17.8 Å². The van der Waals surface area contributed by atoms with Gasteiger partial charge in [-0.25, -0.2) is 0 Å². The van der Waals surface area contributed by atoms with E-state index in [1.54, 1.807) is 0 Å². The average molecular weight is 327 g/mol. The van der Waals surface area contributed by atoms with Gasteiger partial charge in [0, 0.05) is 18.9 Å². The van der Waals surface area contributed by atoms with Crippen LogP contribution in [0.2, 0.25) is 0 Å². The van der Waals surface area contributed by atoms with Gasteiger partial charge in [-0.2, -0.15) is 5.10 Å². The van der Waals surface area contributed by atoms with Crippen molar-refractivity contribution >= 4 is 21.7 Å². The maximum atomic E-state index is 12.4. The minimum Gasteiger partial charge on any atom is -0.299 e. The average Bonchev–Trinajstić information content (AvgIpc) is 2.67. The molecule has 0 radical (unpaired) electrons. The minimum atomic E-state index is 0.267. The van der Waals surface area contributed by atoms with E-state index in [2.05, 4.69) is 34.9 Å². The molecule has 1 aliphatic carbocycles. The van der Waals surface area contributed by atoms with Gasteiger partial charge in [0.1, 0.15) is 5.78 Å². The quantitative estimate of drug-likeness (QED) is 0.840. The lowest BCUT2D eigenvalue weighted by molar-refractivity contribution is -0.123. The highest BCUT2D eigenvalue weighted by molar-refractivity contribution is 9.10. The predicted octanol–water partition coefficient (Wildman–Crippen LogP) is 3.91. The summed E-state index contributed by atoms with van der Waals surface area (Å²) in [6, 6.07) is 0. The summed E-state index contributed by atoms with van der Waals surface area (Å²) >= 11 is 3.57. The van der Waals surface area contributed by atoms with Crippen molar-refractivity contribution < 1.29 is 4.79 Å². The molecule has 1 aliphatic rings. The van der Waals surface area contributed by atoms with E-state index in [-0.39, 0.29) is 5.92 Å². The molecule has 106 valence electrons. The highest BCUT2D eigenvalue weighted by Gasteiger charge is 2.26. The van der Waals surface area contributed by atoms with Crippen molar-refractivity contribution in [2.45, 2.75) is 59.4 Å². The minimum absolute atomic E-state index is 0.267. The number of Topliss-reactive ketones (excluding diaryl/α,β-unsaturated/α-hetero) is 1. The topological polar surface area (TPSA) is 34.9 Å². The Bertz CT molecular complexity index is 459. The predicted molar refractivity (Wildman–Crippen MR) is 80.2 cm³/mol. The van der Waals surface area contributed by atoms with Gasteiger partial charge in [-0.15, -0.1) is 0 Å². The molecule has 0 amide bonds. The first kappa shape index (κ1) is 14.8. The summed E-state index contributed by atoms with van der Waals surface area (Å²) in [5.41, 5.74) is 2.02. The highest BCUT2D eigenvalue weighted by Crippen LogP contribution is 2.30. The van der Waals surface area contributed by atoms with Gasteiger partial charge < -0.3 is 0 Å². The van der Waals surface area contributed by atoms with E-state index in [0.717, 1.165) is 41.2 Å². The van der Waals surface area contributed by atoms with E-state index in [9.17, 15) is 4.79 Å². The van der Waals surface area contributed by atoms with E-state index >= 15 is 0 Å². The van der Waals surface area contributed by atoms with Crippen molar-refractivity contribution in [3.05, 3.63) is 15.9 Å². The van der Waals surface area contributed by atoms with Gasteiger partial charge in [-0.1, -0.05) is 19.8 Å². The number of aromatic nitrogens is 2.